The molecule has 1 amide bonds. The lowest BCUT2D eigenvalue weighted by molar-refractivity contribution is 0.102. The number of benzene rings is 1. The van der Waals surface area contributed by atoms with Crippen LogP contribution in [-0.2, 0) is 7.05 Å². The molecule has 0 saturated heterocycles. The minimum absolute atomic E-state index is 0.259. The van der Waals surface area contributed by atoms with Gasteiger partial charge in [-0.05, 0) is 24.6 Å². The number of nitrogens with zero attached hydrogens (tertiary/aromatic N) is 2. The SMILES string of the molecule is Cc1ccc(Cl)cc1C(=O)Nc1c(N)cnn1C. The monoisotopic (exact) mass is 264 g/mol. The number of carbonyl (C=O) groups is 1. The number of hydrogen-bond donors (Lipinski definition) is 2. The number of rotatable bonds is 2. The van der Waals surface area contributed by atoms with E-state index < -0.39 is 0 Å². The first-order valence-electron chi connectivity index (χ1n) is 5.34. The van der Waals surface area contributed by atoms with Crippen LogP contribution in [0.4, 0.5) is 11.5 Å². The van der Waals surface area contributed by atoms with E-state index in [2.05, 4.69) is 10.4 Å². The number of aromatic nitrogens is 2. The van der Waals surface area contributed by atoms with Gasteiger partial charge in [0.05, 0.1) is 11.9 Å². The molecule has 1 aromatic carbocycles. The van der Waals surface area contributed by atoms with Crippen LogP contribution in [-0.4, -0.2) is 15.7 Å². The summed E-state index contributed by atoms with van der Waals surface area (Å²) < 4.78 is 1.51. The van der Waals surface area contributed by atoms with Crippen molar-refractivity contribution in [2.75, 3.05) is 11.1 Å². The lowest BCUT2D eigenvalue weighted by Gasteiger charge is -2.09. The van der Waals surface area contributed by atoms with Crippen LogP contribution in [0.15, 0.2) is 24.4 Å². The van der Waals surface area contributed by atoms with E-state index in [0.717, 1.165) is 5.56 Å². The number of halogens is 1. The zero-order valence-electron chi connectivity index (χ0n) is 10.1. The molecule has 6 heteroatoms. The summed E-state index contributed by atoms with van der Waals surface area (Å²) >= 11 is 5.88. The molecule has 18 heavy (non-hydrogen) atoms. The lowest BCUT2D eigenvalue weighted by atomic mass is 10.1. The molecular formula is C12H13ClN4O. The van der Waals surface area contributed by atoms with Crippen LogP contribution in [0.3, 0.4) is 0 Å². The second-order valence-corrected chi connectivity index (χ2v) is 4.42. The van der Waals surface area contributed by atoms with Crippen molar-refractivity contribution in [3.8, 4) is 0 Å². The highest BCUT2D eigenvalue weighted by Gasteiger charge is 2.13. The van der Waals surface area contributed by atoms with E-state index >= 15 is 0 Å². The van der Waals surface area contributed by atoms with Gasteiger partial charge in [0.15, 0.2) is 5.82 Å². The highest BCUT2D eigenvalue weighted by molar-refractivity contribution is 6.31. The molecule has 0 aliphatic heterocycles. The van der Waals surface area contributed by atoms with Crippen LogP contribution in [0.5, 0.6) is 0 Å². The summed E-state index contributed by atoms with van der Waals surface area (Å²) in [5.41, 5.74) is 7.50. The average molecular weight is 265 g/mol. The highest BCUT2D eigenvalue weighted by atomic mass is 35.5. The highest BCUT2D eigenvalue weighted by Crippen LogP contribution is 2.20. The maximum absolute atomic E-state index is 12.1. The zero-order valence-corrected chi connectivity index (χ0v) is 10.8. The van der Waals surface area contributed by atoms with Gasteiger partial charge < -0.3 is 11.1 Å². The Hall–Kier alpha value is -2.01. The summed E-state index contributed by atoms with van der Waals surface area (Å²) in [6, 6.07) is 5.16. The predicted octanol–water partition coefficient (Wildman–Crippen LogP) is 2.22. The summed E-state index contributed by atoms with van der Waals surface area (Å²) in [5, 5.41) is 7.19. The van der Waals surface area contributed by atoms with E-state index in [9.17, 15) is 4.79 Å². The standard InChI is InChI=1S/C12H13ClN4O/c1-7-3-4-8(13)5-9(7)12(18)16-11-10(14)6-15-17(11)2/h3-6H,14H2,1-2H3,(H,16,18). The Morgan fingerprint density at radius 1 is 1.50 bits per heavy atom. The largest absolute Gasteiger partial charge is 0.394 e. The van der Waals surface area contributed by atoms with Crippen molar-refractivity contribution >= 4 is 29.0 Å². The Morgan fingerprint density at radius 2 is 2.22 bits per heavy atom. The Kier molecular flexibility index (Phi) is 3.25. The van der Waals surface area contributed by atoms with Crippen molar-refractivity contribution in [1.29, 1.82) is 0 Å². The number of nitrogens with one attached hydrogen (secondary N) is 1. The van der Waals surface area contributed by atoms with Crippen LogP contribution in [0.2, 0.25) is 5.02 Å². The predicted molar refractivity (Wildman–Crippen MR) is 71.8 cm³/mol. The number of carbonyl (C=O) groups excluding carboxylic acids is 1. The fraction of sp³-hybridized carbons (Fsp3) is 0.167. The summed E-state index contributed by atoms with van der Waals surface area (Å²) in [7, 11) is 1.71. The van der Waals surface area contributed by atoms with Crippen molar-refractivity contribution in [2.45, 2.75) is 6.92 Å². The third-order valence-corrected chi connectivity index (χ3v) is 2.88. The van der Waals surface area contributed by atoms with Gasteiger partial charge in [-0.15, -0.1) is 0 Å². The molecule has 0 spiro atoms. The van der Waals surface area contributed by atoms with Crippen LogP contribution >= 0.6 is 11.6 Å². The van der Waals surface area contributed by atoms with Crippen LogP contribution < -0.4 is 11.1 Å². The lowest BCUT2D eigenvalue weighted by Crippen LogP contribution is -2.16. The van der Waals surface area contributed by atoms with Crippen molar-refractivity contribution in [2.24, 2.45) is 7.05 Å². The Bertz CT molecular complexity index is 587. The molecule has 0 unspecified atom stereocenters. The fourth-order valence-electron chi connectivity index (χ4n) is 1.62. The quantitative estimate of drug-likeness (QED) is 0.873. The Labute approximate surface area is 110 Å². The molecule has 0 radical (unpaired) electrons. The number of nitrogen functional groups attached to an aromatic ring is 1. The Balaban J connectivity index is 2.30. The van der Waals surface area contributed by atoms with Gasteiger partial charge in [0.25, 0.3) is 5.91 Å². The Morgan fingerprint density at radius 3 is 2.83 bits per heavy atom. The summed E-state index contributed by atoms with van der Waals surface area (Å²) in [6.45, 7) is 1.85. The molecule has 0 fully saturated rings. The minimum Gasteiger partial charge on any atom is -0.394 e. The third-order valence-electron chi connectivity index (χ3n) is 2.64. The number of aryl methyl sites for hydroxylation is 2. The topological polar surface area (TPSA) is 72.9 Å². The first-order chi connectivity index (χ1) is 8.49. The molecule has 94 valence electrons. The van der Waals surface area contributed by atoms with Gasteiger partial charge in [-0.3, -0.25) is 9.48 Å². The van der Waals surface area contributed by atoms with E-state index in [1.54, 1.807) is 25.2 Å². The van der Waals surface area contributed by atoms with Crippen molar-refractivity contribution in [3.05, 3.63) is 40.5 Å². The van der Waals surface area contributed by atoms with Gasteiger partial charge in [0.1, 0.15) is 0 Å². The molecule has 0 aliphatic carbocycles. The van der Waals surface area contributed by atoms with Gasteiger partial charge in [0, 0.05) is 17.6 Å². The molecule has 2 aromatic rings. The summed E-state index contributed by atoms with van der Waals surface area (Å²) in [6.07, 6.45) is 1.49. The normalized spacial score (nSPS) is 10.4. The van der Waals surface area contributed by atoms with Crippen LogP contribution in [0.1, 0.15) is 15.9 Å². The van der Waals surface area contributed by atoms with Gasteiger partial charge in [-0.1, -0.05) is 17.7 Å². The van der Waals surface area contributed by atoms with E-state index in [-0.39, 0.29) is 5.91 Å². The minimum atomic E-state index is -0.259. The maximum atomic E-state index is 12.1. The molecule has 2 rings (SSSR count). The number of hydrogen-bond acceptors (Lipinski definition) is 3. The molecule has 0 saturated carbocycles. The van der Waals surface area contributed by atoms with Gasteiger partial charge in [-0.25, -0.2) is 0 Å². The van der Waals surface area contributed by atoms with Crippen molar-refractivity contribution in [1.82, 2.24) is 9.78 Å². The third kappa shape index (κ3) is 2.31. The van der Waals surface area contributed by atoms with E-state index in [1.807, 2.05) is 6.92 Å². The molecule has 0 aliphatic rings. The first kappa shape index (κ1) is 12.4. The van der Waals surface area contributed by atoms with Gasteiger partial charge in [0.2, 0.25) is 0 Å². The second-order valence-electron chi connectivity index (χ2n) is 3.99. The molecule has 5 nitrogen and oxygen atoms in total. The average Bonchev–Trinajstić information content (AvgIpc) is 2.64. The zero-order chi connectivity index (χ0) is 13.3. The first-order valence-corrected chi connectivity index (χ1v) is 5.72. The van der Waals surface area contributed by atoms with Crippen molar-refractivity contribution in [3.63, 3.8) is 0 Å². The van der Waals surface area contributed by atoms with Crippen molar-refractivity contribution < 1.29 is 4.79 Å². The van der Waals surface area contributed by atoms with Crippen LogP contribution in [0.25, 0.3) is 0 Å². The summed E-state index contributed by atoms with van der Waals surface area (Å²) in [4.78, 5) is 12.1. The molecule has 3 N–H and O–H groups in total. The smallest absolute Gasteiger partial charge is 0.257 e. The van der Waals surface area contributed by atoms with Gasteiger partial charge in [-0.2, -0.15) is 5.10 Å². The van der Waals surface area contributed by atoms with E-state index in [4.69, 9.17) is 17.3 Å². The number of amides is 1. The number of nitrogens with two attached hydrogens (primary N) is 1. The summed E-state index contributed by atoms with van der Waals surface area (Å²) in [5.74, 6) is 0.213. The molecule has 0 atom stereocenters. The molecule has 1 aromatic heterocycles. The molecule has 0 bridgehead atoms. The van der Waals surface area contributed by atoms with E-state index in [1.165, 1.54) is 10.9 Å². The molecular weight excluding hydrogens is 252 g/mol. The van der Waals surface area contributed by atoms with E-state index in [0.29, 0.717) is 22.1 Å². The second kappa shape index (κ2) is 4.70. The fourth-order valence-corrected chi connectivity index (χ4v) is 1.79. The maximum Gasteiger partial charge on any atom is 0.257 e. The van der Waals surface area contributed by atoms with Crippen LogP contribution in [0, 0.1) is 6.92 Å². The van der Waals surface area contributed by atoms with Gasteiger partial charge >= 0.3 is 0 Å². The molecule has 1 heterocycles. The number of anilines is 2.